The summed E-state index contributed by atoms with van der Waals surface area (Å²) < 4.78 is 3.63. The molecule has 0 unspecified atom stereocenters. The third kappa shape index (κ3) is 4.79. The molecule has 146 valence electrons. The van der Waals surface area contributed by atoms with E-state index < -0.39 is 0 Å². The molecule has 4 rings (SSSR count). The normalized spacial score (nSPS) is 10.8. The van der Waals surface area contributed by atoms with E-state index in [0.717, 1.165) is 16.8 Å². The van der Waals surface area contributed by atoms with Crippen LogP contribution in [0, 0.1) is 6.92 Å². The first-order valence-electron chi connectivity index (χ1n) is 9.63. The molecule has 0 aliphatic carbocycles. The van der Waals surface area contributed by atoms with Gasteiger partial charge >= 0.3 is 0 Å². The minimum Gasteiger partial charge on any atom is -0.311 e. The Bertz CT molecular complexity index is 1100. The molecule has 2 aromatic heterocycles. The Morgan fingerprint density at radius 2 is 1.86 bits per heavy atom. The van der Waals surface area contributed by atoms with Gasteiger partial charge in [-0.2, -0.15) is 10.2 Å². The zero-order valence-electron chi connectivity index (χ0n) is 16.3. The largest absolute Gasteiger partial charge is 0.311 e. The number of carbonyl (C=O) groups is 1. The van der Waals surface area contributed by atoms with Gasteiger partial charge in [-0.1, -0.05) is 48.0 Å². The molecule has 0 atom stereocenters. The van der Waals surface area contributed by atoms with E-state index >= 15 is 0 Å². The number of hydrogen-bond acceptors (Lipinski definition) is 3. The lowest BCUT2D eigenvalue weighted by Gasteiger charge is -2.09. The van der Waals surface area contributed by atoms with E-state index in [1.165, 1.54) is 5.56 Å². The van der Waals surface area contributed by atoms with E-state index in [4.69, 9.17) is 0 Å². The Morgan fingerprint density at radius 3 is 2.69 bits per heavy atom. The van der Waals surface area contributed by atoms with Gasteiger partial charge in [0, 0.05) is 18.7 Å². The molecule has 4 aromatic rings. The van der Waals surface area contributed by atoms with Gasteiger partial charge in [-0.05, 0) is 36.6 Å². The summed E-state index contributed by atoms with van der Waals surface area (Å²) in [6.45, 7) is 2.68. The highest BCUT2D eigenvalue weighted by Gasteiger charge is 2.09. The van der Waals surface area contributed by atoms with Crippen molar-refractivity contribution in [2.45, 2.75) is 26.3 Å². The van der Waals surface area contributed by atoms with Crippen LogP contribution in [0.5, 0.6) is 0 Å². The van der Waals surface area contributed by atoms with Crippen LogP contribution in [0.1, 0.15) is 23.1 Å². The minimum atomic E-state index is -0.0385. The fourth-order valence-corrected chi connectivity index (χ4v) is 3.22. The summed E-state index contributed by atoms with van der Waals surface area (Å²) in [4.78, 5) is 12.4. The average molecular weight is 385 g/mol. The highest BCUT2D eigenvalue weighted by atomic mass is 16.1. The number of para-hydroxylation sites is 1. The van der Waals surface area contributed by atoms with Crippen molar-refractivity contribution < 1.29 is 4.79 Å². The number of aryl methyl sites for hydroxylation is 2. The lowest BCUT2D eigenvalue weighted by atomic mass is 10.1. The van der Waals surface area contributed by atoms with Gasteiger partial charge < -0.3 is 5.32 Å². The second-order valence-electron chi connectivity index (χ2n) is 7.04. The Morgan fingerprint density at radius 1 is 1.00 bits per heavy atom. The molecule has 0 spiro atoms. The lowest BCUT2D eigenvalue weighted by molar-refractivity contribution is -0.116. The molecular formula is C23H23N5O. The summed E-state index contributed by atoms with van der Waals surface area (Å²) in [5.74, 6) is 0.667. The predicted molar refractivity (Wildman–Crippen MR) is 113 cm³/mol. The average Bonchev–Trinajstić information content (AvgIpc) is 3.37. The van der Waals surface area contributed by atoms with E-state index in [0.29, 0.717) is 25.2 Å². The highest BCUT2D eigenvalue weighted by Crippen LogP contribution is 2.13. The van der Waals surface area contributed by atoms with Gasteiger partial charge in [0.05, 0.1) is 24.6 Å². The molecule has 0 fully saturated rings. The molecular weight excluding hydrogens is 362 g/mol. The first-order valence-corrected chi connectivity index (χ1v) is 9.63. The van der Waals surface area contributed by atoms with Gasteiger partial charge in [0.1, 0.15) is 5.82 Å². The molecule has 6 heteroatoms. The first kappa shape index (κ1) is 18.7. The second kappa shape index (κ2) is 8.56. The van der Waals surface area contributed by atoms with Gasteiger partial charge in [0.25, 0.3) is 0 Å². The summed E-state index contributed by atoms with van der Waals surface area (Å²) in [6, 6.07) is 20.0. The summed E-state index contributed by atoms with van der Waals surface area (Å²) >= 11 is 0. The zero-order valence-corrected chi connectivity index (χ0v) is 16.3. The number of amides is 1. The molecule has 0 aliphatic heterocycles. The van der Waals surface area contributed by atoms with Crippen LogP contribution < -0.4 is 5.32 Å². The Balaban J connectivity index is 1.34. The topological polar surface area (TPSA) is 64.7 Å². The maximum atomic E-state index is 12.4. The number of nitrogens with one attached hydrogen (secondary N) is 1. The summed E-state index contributed by atoms with van der Waals surface area (Å²) in [7, 11) is 0. The van der Waals surface area contributed by atoms with Gasteiger partial charge in [-0.3, -0.25) is 4.79 Å². The number of benzene rings is 2. The van der Waals surface area contributed by atoms with Crippen LogP contribution in [0.4, 0.5) is 5.82 Å². The molecule has 29 heavy (non-hydrogen) atoms. The van der Waals surface area contributed by atoms with Crippen molar-refractivity contribution in [1.82, 2.24) is 19.6 Å². The standard InChI is InChI=1S/C23H23N5O/c1-18-6-5-7-19(14-18)16-28-22(12-13-24-28)26-23(29)11-10-20-15-25-27(17-20)21-8-3-2-4-9-21/h2-9,12-15,17H,10-11,16H2,1H3,(H,26,29). The summed E-state index contributed by atoms with van der Waals surface area (Å²) in [6.07, 6.45) is 6.49. The maximum Gasteiger partial charge on any atom is 0.225 e. The van der Waals surface area contributed by atoms with Crippen molar-refractivity contribution in [3.05, 3.63) is 95.9 Å². The Kier molecular flexibility index (Phi) is 5.52. The fourth-order valence-electron chi connectivity index (χ4n) is 3.22. The van der Waals surface area contributed by atoms with Crippen molar-refractivity contribution in [1.29, 1.82) is 0 Å². The molecule has 1 amide bonds. The molecule has 0 radical (unpaired) electrons. The fraction of sp³-hybridized carbons (Fsp3) is 0.174. The number of anilines is 1. The number of aromatic nitrogens is 4. The van der Waals surface area contributed by atoms with E-state index in [9.17, 15) is 4.79 Å². The summed E-state index contributed by atoms with van der Waals surface area (Å²) in [5, 5.41) is 11.7. The maximum absolute atomic E-state index is 12.4. The predicted octanol–water partition coefficient (Wildman–Crippen LogP) is 4.00. The number of carbonyl (C=O) groups excluding carboxylic acids is 1. The minimum absolute atomic E-state index is 0.0385. The quantitative estimate of drug-likeness (QED) is 0.523. The molecule has 0 bridgehead atoms. The van der Waals surface area contributed by atoms with Crippen molar-refractivity contribution in [3.63, 3.8) is 0 Å². The molecule has 1 N–H and O–H groups in total. The van der Waals surface area contributed by atoms with E-state index in [2.05, 4.69) is 40.6 Å². The third-order valence-electron chi connectivity index (χ3n) is 4.70. The Labute approximate surface area is 169 Å². The van der Waals surface area contributed by atoms with Crippen LogP contribution in [-0.4, -0.2) is 25.5 Å². The lowest BCUT2D eigenvalue weighted by Crippen LogP contribution is -2.16. The first-order chi connectivity index (χ1) is 14.2. The molecule has 0 saturated heterocycles. The SMILES string of the molecule is Cc1cccc(Cn2nccc2NC(=O)CCc2cnn(-c3ccccc3)c2)c1. The van der Waals surface area contributed by atoms with Crippen LogP contribution in [0.25, 0.3) is 5.69 Å². The van der Waals surface area contributed by atoms with Crippen molar-refractivity contribution in [3.8, 4) is 5.69 Å². The number of rotatable bonds is 7. The number of hydrogen-bond donors (Lipinski definition) is 1. The second-order valence-corrected chi connectivity index (χ2v) is 7.04. The van der Waals surface area contributed by atoms with E-state index in [1.54, 1.807) is 10.9 Å². The van der Waals surface area contributed by atoms with Gasteiger partial charge in [-0.25, -0.2) is 9.36 Å². The van der Waals surface area contributed by atoms with Crippen LogP contribution in [0.15, 0.2) is 79.3 Å². The van der Waals surface area contributed by atoms with Crippen molar-refractivity contribution >= 4 is 11.7 Å². The third-order valence-corrected chi connectivity index (χ3v) is 4.70. The Hall–Kier alpha value is -3.67. The molecule has 6 nitrogen and oxygen atoms in total. The van der Waals surface area contributed by atoms with Crippen LogP contribution in [0.3, 0.4) is 0 Å². The van der Waals surface area contributed by atoms with Gasteiger partial charge in [0.2, 0.25) is 5.91 Å². The van der Waals surface area contributed by atoms with Crippen molar-refractivity contribution in [2.75, 3.05) is 5.32 Å². The smallest absolute Gasteiger partial charge is 0.225 e. The monoisotopic (exact) mass is 385 g/mol. The van der Waals surface area contributed by atoms with Crippen molar-refractivity contribution in [2.24, 2.45) is 0 Å². The highest BCUT2D eigenvalue weighted by molar-refractivity contribution is 5.89. The van der Waals surface area contributed by atoms with Gasteiger partial charge in [0.15, 0.2) is 0 Å². The van der Waals surface area contributed by atoms with Crippen LogP contribution >= 0.6 is 0 Å². The van der Waals surface area contributed by atoms with Gasteiger partial charge in [-0.15, -0.1) is 0 Å². The molecule has 0 aliphatic rings. The molecule has 0 saturated carbocycles. The molecule has 2 aromatic carbocycles. The van der Waals surface area contributed by atoms with Crippen LogP contribution in [-0.2, 0) is 17.8 Å². The summed E-state index contributed by atoms with van der Waals surface area (Å²) in [5.41, 5.74) is 4.38. The van der Waals surface area contributed by atoms with Crippen LogP contribution in [0.2, 0.25) is 0 Å². The van der Waals surface area contributed by atoms with E-state index in [-0.39, 0.29) is 5.91 Å². The molecule has 2 heterocycles. The number of nitrogens with zero attached hydrogens (tertiary/aromatic N) is 4. The zero-order chi connectivity index (χ0) is 20.1. The van der Waals surface area contributed by atoms with E-state index in [1.807, 2.05) is 59.5 Å².